The fraction of sp³-hybridized carbons (Fsp3) is 0.312. The highest BCUT2D eigenvalue weighted by Gasteiger charge is 2.03. The van der Waals surface area contributed by atoms with Crippen molar-refractivity contribution in [2.24, 2.45) is 0 Å². The largest absolute Gasteiger partial charge is 0.497 e. The number of ether oxygens (including phenoxy) is 2. The van der Waals surface area contributed by atoms with Gasteiger partial charge in [-0.15, -0.1) is 0 Å². The lowest BCUT2D eigenvalue weighted by atomic mass is 10.0. The number of carbonyl (C=O) groups is 1. The maximum Gasteiger partial charge on any atom is 0.276 e. The minimum Gasteiger partial charge on any atom is -0.497 e. The summed E-state index contributed by atoms with van der Waals surface area (Å²) in [6.07, 6.45) is 9.16. The van der Waals surface area contributed by atoms with Crippen molar-refractivity contribution in [1.29, 1.82) is 0 Å². The van der Waals surface area contributed by atoms with E-state index >= 15 is 0 Å². The molecule has 2 N–H and O–H groups in total. The molecule has 1 aromatic carbocycles. The number of carbonyl (C=O) groups excluding carboxylic acids is 1. The van der Waals surface area contributed by atoms with Gasteiger partial charge >= 0.3 is 0 Å². The molecule has 0 aliphatic heterocycles. The summed E-state index contributed by atoms with van der Waals surface area (Å²) in [5, 5.41) is 0. The zero-order valence-corrected chi connectivity index (χ0v) is 12.1. The minimum absolute atomic E-state index is 0.0393. The van der Waals surface area contributed by atoms with Crippen LogP contribution in [-0.2, 0) is 4.79 Å². The van der Waals surface area contributed by atoms with Crippen molar-refractivity contribution in [1.82, 2.24) is 10.9 Å². The third kappa shape index (κ3) is 5.22. The van der Waals surface area contributed by atoms with Crippen molar-refractivity contribution in [3.05, 3.63) is 48.2 Å². The normalized spacial score (nSPS) is 15.6. The number of allylic oxidation sites excluding steroid dienone is 3. The molecular weight excluding hydrogens is 268 g/mol. The number of rotatable bonds is 6. The molecule has 1 aliphatic rings. The van der Waals surface area contributed by atoms with Gasteiger partial charge in [0.2, 0.25) is 0 Å². The van der Waals surface area contributed by atoms with Gasteiger partial charge < -0.3 is 14.9 Å². The first-order valence-electron chi connectivity index (χ1n) is 6.92. The number of hydrazine groups is 1. The number of amides is 1. The highest BCUT2D eigenvalue weighted by Crippen LogP contribution is 2.17. The minimum atomic E-state index is -0.228. The fourth-order valence-corrected chi connectivity index (χ4v) is 1.93. The molecular formula is C16H20N2O3. The zero-order valence-electron chi connectivity index (χ0n) is 12.1. The van der Waals surface area contributed by atoms with Crippen LogP contribution in [0.25, 0.3) is 0 Å². The van der Waals surface area contributed by atoms with Gasteiger partial charge in [0, 0.05) is 6.20 Å². The first kappa shape index (κ1) is 15.0. The molecule has 1 amide bonds. The van der Waals surface area contributed by atoms with Crippen LogP contribution in [0.1, 0.15) is 19.3 Å². The Morgan fingerprint density at radius 3 is 2.67 bits per heavy atom. The van der Waals surface area contributed by atoms with E-state index < -0.39 is 0 Å². The molecule has 1 aromatic rings. The molecule has 0 bridgehead atoms. The Hall–Kier alpha value is -2.43. The Labute approximate surface area is 124 Å². The number of benzene rings is 1. The lowest BCUT2D eigenvalue weighted by molar-refractivity contribution is -0.123. The smallest absolute Gasteiger partial charge is 0.276 e. The molecule has 0 spiro atoms. The van der Waals surface area contributed by atoms with E-state index in [1.165, 1.54) is 5.57 Å². The second-order valence-electron chi connectivity index (χ2n) is 4.67. The summed E-state index contributed by atoms with van der Waals surface area (Å²) in [5.41, 5.74) is 6.67. The van der Waals surface area contributed by atoms with Gasteiger partial charge in [-0.3, -0.25) is 10.2 Å². The van der Waals surface area contributed by atoms with Gasteiger partial charge in [-0.2, -0.15) is 0 Å². The molecule has 0 heterocycles. The summed E-state index contributed by atoms with van der Waals surface area (Å²) >= 11 is 0. The van der Waals surface area contributed by atoms with Gasteiger partial charge in [-0.25, -0.2) is 0 Å². The summed E-state index contributed by atoms with van der Waals surface area (Å²) in [6.45, 7) is -0.0393. The van der Waals surface area contributed by atoms with Crippen LogP contribution < -0.4 is 20.3 Å². The maximum atomic E-state index is 11.6. The van der Waals surface area contributed by atoms with E-state index in [0.717, 1.165) is 25.0 Å². The lowest BCUT2D eigenvalue weighted by Crippen LogP contribution is -2.37. The second-order valence-corrected chi connectivity index (χ2v) is 4.67. The number of nitrogens with one attached hydrogen (secondary N) is 2. The Morgan fingerprint density at radius 2 is 2.00 bits per heavy atom. The van der Waals surface area contributed by atoms with E-state index in [2.05, 4.69) is 23.0 Å². The molecule has 5 nitrogen and oxygen atoms in total. The summed E-state index contributed by atoms with van der Waals surface area (Å²) in [6, 6.07) is 7.09. The molecule has 2 rings (SSSR count). The highest BCUT2D eigenvalue weighted by atomic mass is 16.5. The van der Waals surface area contributed by atoms with E-state index in [-0.39, 0.29) is 12.5 Å². The third-order valence-corrected chi connectivity index (χ3v) is 3.10. The Morgan fingerprint density at radius 1 is 1.24 bits per heavy atom. The van der Waals surface area contributed by atoms with Gasteiger partial charge in [0.05, 0.1) is 7.11 Å². The van der Waals surface area contributed by atoms with Gasteiger partial charge in [-0.1, -0.05) is 12.2 Å². The van der Waals surface area contributed by atoms with Crippen LogP contribution >= 0.6 is 0 Å². The molecule has 1 aliphatic carbocycles. The molecule has 0 saturated carbocycles. The Balaban J connectivity index is 1.68. The van der Waals surface area contributed by atoms with Crippen molar-refractivity contribution in [2.75, 3.05) is 13.7 Å². The van der Waals surface area contributed by atoms with E-state index in [1.807, 2.05) is 6.20 Å². The van der Waals surface area contributed by atoms with E-state index in [1.54, 1.807) is 31.4 Å². The fourth-order valence-electron chi connectivity index (χ4n) is 1.93. The van der Waals surface area contributed by atoms with Gasteiger partial charge in [0.25, 0.3) is 5.91 Å². The molecule has 21 heavy (non-hydrogen) atoms. The third-order valence-electron chi connectivity index (χ3n) is 3.10. The predicted octanol–water partition coefficient (Wildman–Crippen LogP) is 2.32. The SMILES string of the molecule is COc1ccc(OCC(=O)NN/C=C2\CC=CCC2)cc1. The Kier molecular flexibility index (Phi) is 5.70. The Bertz CT molecular complexity index is 521. The van der Waals surface area contributed by atoms with Crippen LogP contribution in [-0.4, -0.2) is 19.6 Å². The average Bonchev–Trinajstić information content (AvgIpc) is 2.54. The first-order chi connectivity index (χ1) is 10.3. The van der Waals surface area contributed by atoms with Crippen molar-refractivity contribution < 1.29 is 14.3 Å². The van der Waals surface area contributed by atoms with E-state index in [0.29, 0.717) is 5.75 Å². The standard InChI is InChI=1S/C16H20N2O3/c1-20-14-7-9-15(10-8-14)21-12-16(19)18-17-11-13-5-3-2-4-6-13/h2-3,7-11,17H,4-6,12H2,1H3,(H,18,19)/b13-11+. The highest BCUT2D eigenvalue weighted by molar-refractivity contribution is 5.77. The second kappa shape index (κ2) is 7.99. The van der Waals surface area contributed by atoms with Crippen molar-refractivity contribution in [2.45, 2.75) is 19.3 Å². The summed E-state index contributed by atoms with van der Waals surface area (Å²) in [4.78, 5) is 11.6. The molecule has 112 valence electrons. The summed E-state index contributed by atoms with van der Waals surface area (Å²) in [5.74, 6) is 1.15. The van der Waals surface area contributed by atoms with E-state index in [4.69, 9.17) is 9.47 Å². The van der Waals surface area contributed by atoms with Crippen LogP contribution in [0.5, 0.6) is 11.5 Å². The number of hydrogen-bond acceptors (Lipinski definition) is 4. The van der Waals surface area contributed by atoms with Crippen molar-refractivity contribution in [3.63, 3.8) is 0 Å². The van der Waals surface area contributed by atoms with Gasteiger partial charge in [0.15, 0.2) is 6.61 Å². The van der Waals surface area contributed by atoms with E-state index in [9.17, 15) is 4.79 Å². The van der Waals surface area contributed by atoms with Gasteiger partial charge in [-0.05, 0) is 49.1 Å². The molecule has 0 fully saturated rings. The topological polar surface area (TPSA) is 59.6 Å². The zero-order chi connectivity index (χ0) is 14.9. The quantitative estimate of drug-likeness (QED) is 0.623. The molecule has 0 saturated heterocycles. The van der Waals surface area contributed by atoms with Crippen LogP contribution in [0.3, 0.4) is 0 Å². The lowest BCUT2D eigenvalue weighted by Gasteiger charge is -2.11. The molecule has 0 unspecified atom stereocenters. The number of hydrogen-bond donors (Lipinski definition) is 2. The van der Waals surface area contributed by atoms with Gasteiger partial charge in [0.1, 0.15) is 11.5 Å². The number of methoxy groups -OCH3 is 1. The molecule has 0 aromatic heterocycles. The summed E-state index contributed by atoms with van der Waals surface area (Å²) < 4.78 is 10.4. The first-order valence-corrected chi connectivity index (χ1v) is 6.92. The van der Waals surface area contributed by atoms with Crippen LogP contribution in [0.15, 0.2) is 48.2 Å². The van der Waals surface area contributed by atoms with Crippen LogP contribution in [0.4, 0.5) is 0 Å². The van der Waals surface area contributed by atoms with Crippen molar-refractivity contribution in [3.8, 4) is 11.5 Å². The maximum absolute atomic E-state index is 11.6. The summed E-state index contributed by atoms with van der Waals surface area (Å²) in [7, 11) is 1.60. The monoisotopic (exact) mass is 288 g/mol. The van der Waals surface area contributed by atoms with Crippen LogP contribution in [0, 0.1) is 0 Å². The average molecular weight is 288 g/mol. The van der Waals surface area contributed by atoms with Crippen molar-refractivity contribution >= 4 is 5.91 Å². The predicted molar refractivity (Wildman–Crippen MR) is 80.8 cm³/mol. The molecule has 5 heteroatoms. The molecule has 0 radical (unpaired) electrons. The van der Waals surface area contributed by atoms with Crippen LogP contribution in [0.2, 0.25) is 0 Å². The molecule has 0 atom stereocenters.